The Labute approximate surface area is 225 Å². The van der Waals surface area contributed by atoms with Gasteiger partial charge in [0, 0.05) is 0 Å². The first-order valence-corrected chi connectivity index (χ1v) is 13.4. The Morgan fingerprint density at radius 3 is 2.27 bits per heavy atom. The molecule has 1 fully saturated rings. The molecule has 168 valence electrons. The Morgan fingerprint density at radius 1 is 1.00 bits per heavy atom. The topological polar surface area (TPSA) is 50.7 Å². The van der Waals surface area contributed by atoms with Gasteiger partial charge in [0.05, 0.1) is 17.7 Å². The van der Waals surface area contributed by atoms with Gasteiger partial charge in [0.2, 0.25) is 0 Å². The Morgan fingerprint density at radius 2 is 1.64 bits per heavy atom. The number of thioether (sulfide) groups is 1. The number of benzene rings is 3. The molecule has 4 nitrogen and oxygen atoms in total. The Bertz CT molecular complexity index is 1210. The number of nitrogens with one attached hydrogen (secondary N) is 1. The van der Waals surface area contributed by atoms with Crippen molar-refractivity contribution in [3.05, 3.63) is 95.0 Å². The lowest BCUT2D eigenvalue weighted by Gasteiger charge is -2.12. The first-order chi connectivity index (χ1) is 15.9. The maximum Gasteiger partial charge on any atom is 0.264 e. The van der Waals surface area contributed by atoms with Crippen LogP contribution in [0.3, 0.4) is 0 Å². The molecule has 0 unspecified atom stereocenters. The normalized spacial score (nSPS) is 15.8. The molecular weight excluding hydrogens is 658 g/mol. The van der Waals surface area contributed by atoms with Gasteiger partial charge in [-0.2, -0.15) is 0 Å². The number of hydrogen-bond donors (Lipinski definition) is 1. The molecule has 1 amide bonds. The van der Waals surface area contributed by atoms with Crippen LogP contribution >= 0.6 is 56.9 Å². The number of carbonyl (C=O) groups is 1. The summed E-state index contributed by atoms with van der Waals surface area (Å²) in [5.41, 5.74) is 5.41. The second kappa shape index (κ2) is 11.1. The van der Waals surface area contributed by atoms with E-state index in [4.69, 9.17) is 4.74 Å². The molecule has 0 aliphatic carbocycles. The molecule has 0 spiro atoms. The van der Waals surface area contributed by atoms with Crippen molar-refractivity contribution in [2.45, 2.75) is 26.9 Å². The number of nitrogens with zero attached hydrogens (tertiary/aromatic N) is 1. The molecule has 0 atom stereocenters. The van der Waals surface area contributed by atoms with Gasteiger partial charge in [-0.05, 0) is 117 Å². The lowest BCUT2D eigenvalue weighted by atomic mass is 10.1. The maximum atomic E-state index is 12.5. The van der Waals surface area contributed by atoms with Crippen LogP contribution in [0.5, 0.6) is 5.75 Å². The van der Waals surface area contributed by atoms with Gasteiger partial charge in [-0.3, -0.25) is 4.79 Å². The molecule has 1 aliphatic rings. The van der Waals surface area contributed by atoms with E-state index in [2.05, 4.69) is 106 Å². The van der Waals surface area contributed by atoms with Crippen LogP contribution in [0.1, 0.15) is 29.2 Å². The van der Waals surface area contributed by atoms with Gasteiger partial charge in [-0.25, -0.2) is 4.99 Å². The predicted molar refractivity (Wildman–Crippen MR) is 154 cm³/mol. The molecule has 1 saturated heterocycles. The van der Waals surface area contributed by atoms with E-state index >= 15 is 0 Å². The van der Waals surface area contributed by atoms with Crippen LogP contribution < -0.4 is 10.1 Å². The first-order valence-electron chi connectivity index (χ1n) is 10.5. The largest absolute Gasteiger partial charge is 0.487 e. The van der Waals surface area contributed by atoms with Crippen LogP contribution in [0, 0.1) is 14.1 Å². The number of amidine groups is 1. The second-order valence-corrected chi connectivity index (χ2v) is 10.9. The van der Waals surface area contributed by atoms with Gasteiger partial charge in [0.15, 0.2) is 5.17 Å². The van der Waals surface area contributed by atoms with E-state index < -0.39 is 0 Å². The summed E-state index contributed by atoms with van der Waals surface area (Å²) in [5, 5.41) is 3.46. The van der Waals surface area contributed by atoms with E-state index in [9.17, 15) is 4.79 Å². The Balaban J connectivity index is 1.48. The highest BCUT2D eigenvalue weighted by molar-refractivity contribution is 14.1. The molecule has 0 radical (unpaired) electrons. The lowest BCUT2D eigenvalue weighted by molar-refractivity contribution is -0.115. The Hall–Kier alpha value is -1.85. The van der Waals surface area contributed by atoms with Gasteiger partial charge in [0.25, 0.3) is 5.91 Å². The van der Waals surface area contributed by atoms with E-state index in [1.807, 2.05) is 30.3 Å². The van der Waals surface area contributed by atoms with Crippen molar-refractivity contribution in [2.75, 3.05) is 0 Å². The lowest BCUT2D eigenvalue weighted by Crippen LogP contribution is -2.19. The monoisotopic (exact) mass is 680 g/mol. The van der Waals surface area contributed by atoms with Crippen LogP contribution in [-0.2, 0) is 17.8 Å². The molecule has 4 rings (SSSR count). The van der Waals surface area contributed by atoms with Crippen molar-refractivity contribution in [3.8, 4) is 5.75 Å². The van der Waals surface area contributed by atoms with Crippen molar-refractivity contribution in [3.63, 3.8) is 0 Å². The number of carbonyl (C=O) groups excluding carboxylic acids is 1. The summed E-state index contributed by atoms with van der Waals surface area (Å²) < 4.78 is 8.11. The summed E-state index contributed by atoms with van der Waals surface area (Å²) in [5.74, 6) is 0.730. The van der Waals surface area contributed by atoms with E-state index in [0.29, 0.717) is 16.7 Å². The molecule has 1 N–H and O–H groups in total. The second-order valence-electron chi connectivity index (χ2n) is 7.59. The minimum Gasteiger partial charge on any atom is -0.487 e. The highest BCUT2D eigenvalue weighted by Crippen LogP contribution is 2.33. The SMILES string of the molecule is CCc1ccc(N=C2NC(=O)/C(=C/c3cc(I)c(OCc4ccc(C)cc4)c(I)c3)S2)cc1. The molecule has 1 aliphatic heterocycles. The first kappa shape index (κ1) is 24.3. The highest BCUT2D eigenvalue weighted by Gasteiger charge is 2.24. The molecule has 3 aromatic carbocycles. The molecule has 0 bridgehead atoms. The fourth-order valence-electron chi connectivity index (χ4n) is 3.20. The van der Waals surface area contributed by atoms with Gasteiger partial charge in [-0.1, -0.05) is 48.9 Å². The number of aliphatic imine (C=N–C) groups is 1. The maximum absolute atomic E-state index is 12.5. The summed E-state index contributed by atoms with van der Waals surface area (Å²) >= 11 is 5.93. The molecule has 1 heterocycles. The van der Waals surface area contributed by atoms with Gasteiger partial charge < -0.3 is 10.1 Å². The zero-order chi connectivity index (χ0) is 23.4. The van der Waals surface area contributed by atoms with E-state index in [-0.39, 0.29) is 5.91 Å². The number of halogens is 2. The number of ether oxygens (including phenoxy) is 1. The smallest absolute Gasteiger partial charge is 0.264 e. The van der Waals surface area contributed by atoms with Crippen molar-refractivity contribution in [2.24, 2.45) is 4.99 Å². The minimum absolute atomic E-state index is 0.131. The molecule has 33 heavy (non-hydrogen) atoms. The van der Waals surface area contributed by atoms with Crippen molar-refractivity contribution < 1.29 is 9.53 Å². The number of rotatable bonds is 6. The zero-order valence-corrected chi connectivity index (χ0v) is 23.3. The van der Waals surface area contributed by atoms with Crippen LogP contribution in [0.25, 0.3) is 6.08 Å². The number of aryl methyl sites for hydroxylation is 2. The number of hydrogen-bond acceptors (Lipinski definition) is 4. The fourth-order valence-corrected chi connectivity index (χ4v) is 6.17. The summed E-state index contributed by atoms with van der Waals surface area (Å²) in [7, 11) is 0. The fraction of sp³-hybridized carbons (Fsp3) is 0.154. The van der Waals surface area contributed by atoms with Crippen molar-refractivity contribution in [1.82, 2.24) is 5.32 Å². The molecule has 7 heteroatoms. The summed E-state index contributed by atoms with van der Waals surface area (Å²) in [6.45, 7) is 4.71. The van der Waals surface area contributed by atoms with E-state index in [1.165, 1.54) is 22.9 Å². The van der Waals surface area contributed by atoms with Gasteiger partial charge in [-0.15, -0.1) is 0 Å². The molecule has 0 saturated carbocycles. The average Bonchev–Trinajstić information content (AvgIpc) is 3.13. The molecule has 0 aromatic heterocycles. The molecule has 3 aromatic rings. The third-order valence-electron chi connectivity index (χ3n) is 5.05. The molecular formula is C26H22I2N2O2S. The van der Waals surface area contributed by atoms with Crippen LogP contribution in [0.4, 0.5) is 5.69 Å². The minimum atomic E-state index is -0.131. The third kappa shape index (κ3) is 6.39. The standard InChI is InChI=1S/C26H22I2N2O2S/c1-3-17-8-10-20(11-9-17)29-26-30-25(31)23(33-26)14-19-12-21(27)24(22(28)13-19)32-15-18-6-4-16(2)5-7-18/h4-14H,3,15H2,1-2H3,(H,29,30,31)/b23-14-. The van der Waals surface area contributed by atoms with Gasteiger partial charge in [0.1, 0.15) is 12.4 Å². The highest BCUT2D eigenvalue weighted by atomic mass is 127. The number of amides is 1. The van der Waals surface area contributed by atoms with E-state index in [0.717, 1.165) is 36.1 Å². The van der Waals surface area contributed by atoms with Gasteiger partial charge >= 0.3 is 0 Å². The summed E-state index contributed by atoms with van der Waals surface area (Å²) in [6.07, 6.45) is 2.89. The van der Waals surface area contributed by atoms with Crippen LogP contribution in [0.2, 0.25) is 0 Å². The quantitative estimate of drug-likeness (QED) is 0.221. The summed E-state index contributed by atoms with van der Waals surface area (Å²) in [6, 6.07) is 20.5. The van der Waals surface area contributed by atoms with Crippen LogP contribution in [-0.4, -0.2) is 11.1 Å². The third-order valence-corrected chi connectivity index (χ3v) is 7.56. The van der Waals surface area contributed by atoms with Crippen molar-refractivity contribution >= 4 is 79.8 Å². The predicted octanol–water partition coefficient (Wildman–Crippen LogP) is 7.24. The van der Waals surface area contributed by atoms with Crippen LogP contribution in [0.15, 0.2) is 70.6 Å². The van der Waals surface area contributed by atoms with Crippen molar-refractivity contribution in [1.29, 1.82) is 0 Å². The average molecular weight is 680 g/mol. The summed E-state index contributed by atoms with van der Waals surface area (Å²) in [4.78, 5) is 17.7. The van der Waals surface area contributed by atoms with E-state index in [1.54, 1.807) is 0 Å². The zero-order valence-electron chi connectivity index (χ0n) is 18.2. The Kier molecular flexibility index (Phi) is 8.13.